The highest BCUT2D eigenvalue weighted by Gasteiger charge is 2.67. The van der Waals surface area contributed by atoms with Crippen LogP contribution in [0.4, 0.5) is 0 Å². The van der Waals surface area contributed by atoms with E-state index in [2.05, 4.69) is 6.07 Å². The zero-order valence-electron chi connectivity index (χ0n) is 9.69. The monoisotopic (exact) mass is 232 g/mol. The zero-order chi connectivity index (χ0) is 11.5. The van der Waals surface area contributed by atoms with Crippen LogP contribution < -0.4 is 0 Å². The smallest absolute Gasteiger partial charge is 0.202 e. The second-order valence-corrected chi connectivity index (χ2v) is 5.25. The van der Waals surface area contributed by atoms with Crippen LogP contribution in [0.25, 0.3) is 0 Å². The Bertz CT molecular complexity index is 464. The summed E-state index contributed by atoms with van der Waals surface area (Å²) >= 11 is 0. The van der Waals surface area contributed by atoms with Gasteiger partial charge in [0.1, 0.15) is 0 Å². The lowest BCUT2D eigenvalue weighted by atomic mass is 9.55. The fraction of sp³-hybridized carbons (Fsp3) is 0.571. The maximum Gasteiger partial charge on any atom is 0.202 e. The molecule has 3 nitrogen and oxygen atoms in total. The minimum atomic E-state index is -0.918. The predicted molar refractivity (Wildman–Crippen MR) is 61.6 cm³/mol. The van der Waals surface area contributed by atoms with E-state index < -0.39 is 11.4 Å². The molecule has 0 bridgehead atoms. The first-order valence-electron chi connectivity index (χ1n) is 6.38. The Labute approximate surface area is 100 Å². The van der Waals surface area contributed by atoms with Crippen molar-refractivity contribution >= 4 is 0 Å². The van der Waals surface area contributed by atoms with Gasteiger partial charge >= 0.3 is 0 Å². The van der Waals surface area contributed by atoms with Gasteiger partial charge in [-0.1, -0.05) is 24.3 Å². The van der Waals surface area contributed by atoms with Gasteiger partial charge in [0.2, 0.25) is 5.79 Å². The molecule has 1 aromatic rings. The molecule has 90 valence electrons. The van der Waals surface area contributed by atoms with Crippen LogP contribution in [0.5, 0.6) is 0 Å². The number of rotatable bonds is 0. The van der Waals surface area contributed by atoms with Crippen molar-refractivity contribution < 1.29 is 14.6 Å². The van der Waals surface area contributed by atoms with Gasteiger partial charge in [0.25, 0.3) is 0 Å². The van der Waals surface area contributed by atoms with Gasteiger partial charge in [-0.2, -0.15) is 0 Å². The summed E-state index contributed by atoms with van der Waals surface area (Å²) in [5.74, 6) is -0.588. The molecule has 3 aliphatic rings. The molecular weight excluding hydrogens is 216 g/mol. The molecule has 2 atom stereocenters. The summed E-state index contributed by atoms with van der Waals surface area (Å²) < 4.78 is 11.6. The Morgan fingerprint density at radius 2 is 1.94 bits per heavy atom. The molecule has 17 heavy (non-hydrogen) atoms. The van der Waals surface area contributed by atoms with Crippen molar-refractivity contribution in [2.75, 3.05) is 13.2 Å². The molecule has 1 aromatic carbocycles. The number of fused-ring (bicyclic) bond motifs is 5. The first kappa shape index (κ1) is 10.1. The van der Waals surface area contributed by atoms with Crippen molar-refractivity contribution in [3.63, 3.8) is 0 Å². The number of hydrogen-bond donors (Lipinski definition) is 1. The molecule has 2 aliphatic carbocycles. The Balaban J connectivity index is 1.88. The summed E-state index contributed by atoms with van der Waals surface area (Å²) in [5.41, 5.74) is 1.36. The summed E-state index contributed by atoms with van der Waals surface area (Å²) in [6, 6.07) is 8.13. The number of aliphatic hydroxyl groups is 1. The fourth-order valence-electron chi connectivity index (χ4n) is 3.87. The van der Waals surface area contributed by atoms with Gasteiger partial charge < -0.3 is 14.6 Å². The lowest BCUT2D eigenvalue weighted by molar-refractivity contribution is -0.310. The van der Waals surface area contributed by atoms with Gasteiger partial charge in [-0.3, -0.25) is 0 Å². The Kier molecular flexibility index (Phi) is 1.84. The average Bonchev–Trinajstić information content (AvgIpc) is 2.82. The van der Waals surface area contributed by atoms with Gasteiger partial charge in [0.15, 0.2) is 5.60 Å². The summed E-state index contributed by atoms with van der Waals surface area (Å²) in [6.07, 6.45) is 2.89. The van der Waals surface area contributed by atoms with Crippen LogP contribution >= 0.6 is 0 Å². The molecule has 0 aromatic heterocycles. The Morgan fingerprint density at radius 3 is 2.76 bits per heavy atom. The molecule has 1 saturated heterocycles. The standard InChI is InChI=1S/C14H16O3/c15-14-11-5-2-1-4-10(11)12(14)6-3-7-13(14)16-8-9-17-13/h1-2,4-5,12,15H,3,6-9H2/t12-,14-/m1/s1. The molecule has 0 unspecified atom stereocenters. The van der Waals surface area contributed by atoms with Crippen molar-refractivity contribution in [2.24, 2.45) is 0 Å². The maximum atomic E-state index is 11.1. The van der Waals surface area contributed by atoms with Crippen molar-refractivity contribution in [2.45, 2.75) is 36.6 Å². The van der Waals surface area contributed by atoms with Gasteiger partial charge in [0, 0.05) is 12.3 Å². The SMILES string of the molecule is O[C@]12c3ccccc3[C@H]1CCCC21OCCO1. The van der Waals surface area contributed by atoms with Crippen molar-refractivity contribution in [3.8, 4) is 0 Å². The van der Waals surface area contributed by atoms with Gasteiger partial charge in [0.05, 0.1) is 13.2 Å². The minimum Gasteiger partial charge on any atom is -0.379 e. The second kappa shape index (κ2) is 3.10. The van der Waals surface area contributed by atoms with Crippen molar-refractivity contribution in [1.82, 2.24) is 0 Å². The van der Waals surface area contributed by atoms with Crippen LogP contribution in [0.3, 0.4) is 0 Å². The number of hydrogen-bond acceptors (Lipinski definition) is 3. The fourth-order valence-corrected chi connectivity index (χ4v) is 3.87. The normalized spacial score (nSPS) is 37.4. The van der Waals surface area contributed by atoms with Crippen LogP contribution in [0.15, 0.2) is 24.3 Å². The molecule has 0 radical (unpaired) electrons. The average molecular weight is 232 g/mol. The first-order chi connectivity index (χ1) is 8.28. The molecule has 1 aliphatic heterocycles. The van der Waals surface area contributed by atoms with Gasteiger partial charge in [-0.15, -0.1) is 0 Å². The third-order valence-corrected chi connectivity index (χ3v) is 4.58. The summed E-state index contributed by atoms with van der Waals surface area (Å²) in [4.78, 5) is 0. The summed E-state index contributed by atoms with van der Waals surface area (Å²) in [5, 5.41) is 11.1. The van der Waals surface area contributed by atoms with Gasteiger partial charge in [-0.05, 0) is 24.0 Å². The van der Waals surface area contributed by atoms with Crippen molar-refractivity contribution in [3.05, 3.63) is 35.4 Å². The van der Waals surface area contributed by atoms with Crippen LogP contribution in [0, 0.1) is 0 Å². The molecule has 4 rings (SSSR count). The lowest BCUT2D eigenvalue weighted by Crippen LogP contribution is -2.63. The van der Waals surface area contributed by atoms with Crippen LogP contribution in [0.1, 0.15) is 36.3 Å². The zero-order valence-corrected chi connectivity index (χ0v) is 9.69. The van der Waals surface area contributed by atoms with E-state index in [4.69, 9.17) is 9.47 Å². The lowest BCUT2D eigenvalue weighted by Gasteiger charge is -2.58. The number of ether oxygens (including phenoxy) is 2. The van der Waals surface area contributed by atoms with E-state index in [1.54, 1.807) is 0 Å². The van der Waals surface area contributed by atoms with E-state index in [1.807, 2.05) is 18.2 Å². The van der Waals surface area contributed by atoms with Crippen LogP contribution in [-0.2, 0) is 15.1 Å². The Hall–Kier alpha value is -0.900. The minimum absolute atomic E-state index is 0.186. The molecular formula is C14H16O3. The summed E-state index contributed by atoms with van der Waals surface area (Å²) in [6.45, 7) is 1.19. The number of benzene rings is 1. The maximum absolute atomic E-state index is 11.1. The molecule has 0 amide bonds. The van der Waals surface area contributed by atoms with Crippen LogP contribution in [-0.4, -0.2) is 24.1 Å². The van der Waals surface area contributed by atoms with E-state index in [-0.39, 0.29) is 5.92 Å². The molecule has 2 fully saturated rings. The van der Waals surface area contributed by atoms with Gasteiger partial charge in [-0.25, -0.2) is 0 Å². The molecule has 1 saturated carbocycles. The van der Waals surface area contributed by atoms with Crippen LogP contribution in [0.2, 0.25) is 0 Å². The predicted octanol–water partition coefficient (Wildman–Crippen LogP) is 1.90. The highest BCUT2D eigenvalue weighted by molar-refractivity contribution is 5.50. The largest absolute Gasteiger partial charge is 0.379 e. The van der Waals surface area contributed by atoms with E-state index in [0.29, 0.717) is 13.2 Å². The second-order valence-electron chi connectivity index (χ2n) is 5.25. The highest BCUT2D eigenvalue weighted by atomic mass is 16.7. The molecule has 3 heteroatoms. The van der Waals surface area contributed by atoms with E-state index in [0.717, 1.165) is 24.8 Å². The van der Waals surface area contributed by atoms with E-state index in [9.17, 15) is 5.11 Å². The summed E-state index contributed by atoms with van der Waals surface area (Å²) in [7, 11) is 0. The third kappa shape index (κ3) is 0.992. The highest BCUT2D eigenvalue weighted by Crippen LogP contribution is 2.63. The quantitative estimate of drug-likeness (QED) is 0.742. The third-order valence-electron chi connectivity index (χ3n) is 4.58. The van der Waals surface area contributed by atoms with E-state index >= 15 is 0 Å². The topological polar surface area (TPSA) is 38.7 Å². The van der Waals surface area contributed by atoms with Crippen molar-refractivity contribution in [1.29, 1.82) is 0 Å². The molecule has 1 spiro atoms. The Morgan fingerprint density at radius 1 is 1.18 bits per heavy atom. The molecule has 1 heterocycles. The molecule has 1 N–H and O–H groups in total. The van der Waals surface area contributed by atoms with E-state index in [1.165, 1.54) is 5.56 Å². The first-order valence-corrected chi connectivity index (χ1v) is 6.38.